The van der Waals surface area contributed by atoms with E-state index < -0.39 is 24.2 Å². The zero-order chi connectivity index (χ0) is 14.7. The van der Waals surface area contributed by atoms with Gasteiger partial charge in [0.25, 0.3) is 0 Å². The van der Waals surface area contributed by atoms with Crippen LogP contribution in [0.2, 0.25) is 0 Å². The van der Waals surface area contributed by atoms with E-state index in [0.717, 1.165) is 12.0 Å². The number of halogens is 3. The van der Waals surface area contributed by atoms with Crippen molar-refractivity contribution in [3.8, 4) is 0 Å². The minimum atomic E-state index is -4.78. The summed E-state index contributed by atoms with van der Waals surface area (Å²) in [6, 6.07) is 1.83. The Bertz CT molecular complexity index is 405. The topological polar surface area (TPSA) is 59.1 Å². The highest BCUT2D eigenvalue weighted by Crippen LogP contribution is 2.36. The third-order valence-corrected chi connectivity index (χ3v) is 3.29. The number of aryl methyl sites for hydroxylation is 1. The first-order valence-corrected chi connectivity index (χ1v) is 6.23. The molecule has 0 bridgehead atoms. The van der Waals surface area contributed by atoms with Gasteiger partial charge in [0.05, 0.1) is 0 Å². The highest BCUT2D eigenvalue weighted by atomic mass is 19.4. The second-order valence-corrected chi connectivity index (χ2v) is 4.62. The zero-order valence-corrected chi connectivity index (χ0v) is 11.0. The van der Waals surface area contributed by atoms with Gasteiger partial charge >= 0.3 is 6.18 Å². The van der Waals surface area contributed by atoms with Crippen molar-refractivity contribution in [3.63, 3.8) is 0 Å². The molecular weight excluding hydrogens is 257 g/mol. The highest BCUT2D eigenvalue weighted by Gasteiger charge is 2.57. The van der Waals surface area contributed by atoms with Crippen LogP contribution in [0.4, 0.5) is 13.2 Å². The van der Waals surface area contributed by atoms with Crippen LogP contribution in [-0.4, -0.2) is 27.9 Å². The minimum Gasteiger partial charge on any atom is -0.379 e. The largest absolute Gasteiger partial charge is 0.419 e. The Morgan fingerprint density at radius 1 is 1.32 bits per heavy atom. The average molecular weight is 276 g/mol. The molecule has 1 aromatic heterocycles. The van der Waals surface area contributed by atoms with Crippen LogP contribution in [0.1, 0.15) is 31.5 Å². The summed E-state index contributed by atoms with van der Waals surface area (Å²) in [5, 5.41) is 9.91. The van der Waals surface area contributed by atoms with Gasteiger partial charge in [-0.2, -0.15) is 13.2 Å². The Balaban J connectivity index is 3.00. The van der Waals surface area contributed by atoms with Crippen LogP contribution in [0.25, 0.3) is 0 Å². The van der Waals surface area contributed by atoms with Crippen molar-refractivity contribution < 1.29 is 18.3 Å². The van der Waals surface area contributed by atoms with E-state index in [4.69, 9.17) is 5.73 Å². The lowest BCUT2D eigenvalue weighted by atomic mass is 9.87. The summed E-state index contributed by atoms with van der Waals surface area (Å²) in [7, 11) is 0. The van der Waals surface area contributed by atoms with Gasteiger partial charge in [-0.3, -0.25) is 4.98 Å². The van der Waals surface area contributed by atoms with Crippen molar-refractivity contribution in [2.45, 2.75) is 50.9 Å². The van der Waals surface area contributed by atoms with E-state index in [1.165, 1.54) is 19.2 Å². The van der Waals surface area contributed by atoms with Crippen LogP contribution >= 0.6 is 0 Å². The number of aromatic nitrogens is 1. The Morgan fingerprint density at radius 3 is 2.32 bits per heavy atom. The van der Waals surface area contributed by atoms with E-state index in [1.807, 2.05) is 6.92 Å². The second kappa shape index (κ2) is 5.88. The molecular formula is C13H19F3N2O. The third kappa shape index (κ3) is 3.45. The van der Waals surface area contributed by atoms with Crippen molar-refractivity contribution in [2.24, 2.45) is 5.73 Å². The van der Waals surface area contributed by atoms with Crippen molar-refractivity contribution >= 4 is 0 Å². The molecule has 0 aromatic carbocycles. The summed E-state index contributed by atoms with van der Waals surface area (Å²) in [6.45, 7) is 3.44. The summed E-state index contributed by atoms with van der Waals surface area (Å²) < 4.78 is 39.0. The zero-order valence-electron chi connectivity index (χ0n) is 11.0. The van der Waals surface area contributed by atoms with Gasteiger partial charge in [-0.15, -0.1) is 0 Å². The molecule has 0 saturated carbocycles. The standard InChI is InChI=1S/C13H19F3N2O/c1-3-9-5-6-10(18-8-9)7-12(19,11(17)4-2)13(14,15)16/h5-6,8,11,19H,3-4,7,17H2,1-2H3. The molecule has 1 aromatic rings. The van der Waals surface area contributed by atoms with Crippen LogP contribution in [0.15, 0.2) is 18.3 Å². The summed E-state index contributed by atoms with van der Waals surface area (Å²) >= 11 is 0. The molecule has 2 unspecified atom stereocenters. The molecule has 2 atom stereocenters. The smallest absolute Gasteiger partial charge is 0.379 e. The third-order valence-electron chi connectivity index (χ3n) is 3.29. The fourth-order valence-corrected chi connectivity index (χ4v) is 1.82. The number of nitrogens with two attached hydrogens (primary N) is 1. The lowest BCUT2D eigenvalue weighted by Gasteiger charge is -2.35. The fourth-order valence-electron chi connectivity index (χ4n) is 1.82. The van der Waals surface area contributed by atoms with Gasteiger partial charge in [0.15, 0.2) is 5.60 Å². The average Bonchev–Trinajstić information content (AvgIpc) is 2.37. The van der Waals surface area contributed by atoms with E-state index in [9.17, 15) is 18.3 Å². The Hall–Kier alpha value is -1.14. The first kappa shape index (κ1) is 15.9. The first-order valence-electron chi connectivity index (χ1n) is 6.23. The Kier molecular flexibility index (Phi) is 4.92. The molecule has 0 aliphatic rings. The van der Waals surface area contributed by atoms with Crippen molar-refractivity contribution in [1.82, 2.24) is 4.98 Å². The van der Waals surface area contributed by atoms with E-state index in [1.54, 1.807) is 6.07 Å². The molecule has 0 aliphatic carbocycles. The molecule has 0 aliphatic heterocycles. The molecule has 3 N–H and O–H groups in total. The maximum Gasteiger partial charge on any atom is 0.419 e. The van der Waals surface area contributed by atoms with E-state index in [0.29, 0.717) is 0 Å². The molecule has 6 heteroatoms. The molecule has 19 heavy (non-hydrogen) atoms. The van der Waals surface area contributed by atoms with Crippen LogP contribution in [0.5, 0.6) is 0 Å². The Morgan fingerprint density at radius 2 is 1.95 bits per heavy atom. The monoisotopic (exact) mass is 276 g/mol. The maximum absolute atomic E-state index is 13.0. The molecule has 0 fully saturated rings. The normalized spacial score (nSPS) is 17.0. The Labute approximate surface area is 110 Å². The lowest BCUT2D eigenvalue weighted by molar-refractivity contribution is -0.267. The molecule has 0 saturated heterocycles. The van der Waals surface area contributed by atoms with Gasteiger partial charge in [-0.1, -0.05) is 19.9 Å². The number of aliphatic hydroxyl groups is 1. The molecule has 1 rings (SSSR count). The van der Waals surface area contributed by atoms with Crippen molar-refractivity contribution in [1.29, 1.82) is 0 Å². The molecule has 3 nitrogen and oxygen atoms in total. The molecule has 108 valence electrons. The summed E-state index contributed by atoms with van der Waals surface area (Å²) in [5.41, 5.74) is 3.61. The van der Waals surface area contributed by atoms with E-state index in [-0.39, 0.29) is 12.1 Å². The highest BCUT2D eigenvalue weighted by molar-refractivity contribution is 5.17. The first-order chi connectivity index (χ1) is 8.74. The second-order valence-electron chi connectivity index (χ2n) is 4.62. The number of hydrogen-bond donors (Lipinski definition) is 2. The molecule has 1 heterocycles. The van der Waals surface area contributed by atoms with Gasteiger partial charge in [0, 0.05) is 24.4 Å². The molecule has 0 spiro atoms. The van der Waals surface area contributed by atoms with E-state index >= 15 is 0 Å². The maximum atomic E-state index is 13.0. The van der Waals surface area contributed by atoms with Gasteiger partial charge < -0.3 is 10.8 Å². The lowest BCUT2D eigenvalue weighted by Crippen LogP contribution is -2.59. The van der Waals surface area contributed by atoms with Crippen LogP contribution in [0, 0.1) is 0 Å². The van der Waals surface area contributed by atoms with Gasteiger partial charge in [0.1, 0.15) is 0 Å². The predicted molar refractivity (Wildman–Crippen MR) is 66.6 cm³/mol. The van der Waals surface area contributed by atoms with Gasteiger partial charge in [-0.05, 0) is 24.5 Å². The number of nitrogens with zero attached hydrogens (tertiary/aromatic N) is 1. The predicted octanol–water partition coefficient (Wildman–Crippen LogP) is 2.22. The van der Waals surface area contributed by atoms with Crippen LogP contribution < -0.4 is 5.73 Å². The summed E-state index contributed by atoms with van der Waals surface area (Å²) in [4.78, 5) is 3.95. The number of alkyl halides is 3. The SMILES string of the molecule is CCc1ccc(CC(O)(C(N)CC)C(F)(F)F)nc1. The summed E-state index contributed by atoms with van der Waals surface area (Å²) in [5.74, 6) is 0. The van der Waals surface area contributed by atoms with Crippen LogP contribution in [0.3, 0.4) is 0 Å². The van der Waals surface area contributed by atoms with Gasteiger partial charge in [-0.25, -0.2) is 0 Å². The number of hydrogen-bond acceptors (Lipinski definition) is 3. The quantitative estimate of drug-likeness (QED) is 0.867. The molecule has 0 amide bonds. The van der Waals surface area contributed by atoms with Gasteiger partial charge in [0.2, 0.25) is 0 Å². The minimum absolute atomic E-state index is 0.0308. The number of rotatable bonds is 5. The van der Waals surface area contributed by atoms with E-state index in [2.05, 4.69) is 4.98 Å². The van der Waals surface area contributed by atoms with Crippen molar-refractivity contribution in [3.05, 3.63) is 29.6 Å². The van der Waals surface area contributed by atoms with Crippen molar-refractivity contribution in [2.75, 3.05) is 0 Å². The molecule has 0 radical (unpaired) electrons. The number of pyridine rings is 1. The van der Waals surface area contributed by atoms with Crippen LogP contribution in [-0.2, 0) is 12.8 Å². The fraction of sp³-hybridized carbons (Fsp3) is 0.615. The summed E-state index contributed by atoms with van der Waals surface area (Å²) in [6.07, 6.45) is -3.11.